The van der Waals surface area contributed by atoms with Crippen molar-refractivity contribution in [3.8, 4) is 5.69 Å². The Morgan fingerprint density at radius 3 is 2.95 bits per heavy atom. The molecule has 0 bridgehead atoms. The van der Waals surface area contributed by atoms with Crippen LogP contribution in [0.4, 0.5) is 4.39 Å². The molecule has 20 heavy (non-hydrogen) atoms. The molecule has 1 heterocycles. The lowest BCUT2D eigenvalue weighted by Crippen LogP contribution is -2.33. The molecule has 0 radical (unpaired) electrons. The minimum Gasteiger partial charge on any atom is -0.396 e. The van der Waals surface area contributed by atoms with Gasteiger partial charge < -0.3 is 10.4 Å². The second-order valence-corrected chi connectivity index (χ2v) is 4.50. The van der Waals surface area contributed by atoms with E-state index in [1.165, 1.54) is 16.8 Å². The minimum absolute atomic E-state index is 0.00591. The standard InChI is InChI=1S/C14H16FN3O2/c1-10(5-8-19)17-14(20)11-3-4-13(12(15)9-11)18-7-2-6-16-18/h2-4,6-7,9-10,19H,5,8H2,1H3,(H,17,20). The highest BCUT2D eigenvalue weighted by Crippen LogP contribution is 2.14. The maximum Gasteiger partial charge on any atom is 0.251 e. The van der Waals surface area contributed by atoms with Crippen LogP contribution in [0.15, 0.2) is 36.7 Å². The first-order valence-corrected chi connectivity index (χ1v) is 6.33. The van der Waals surface area contributed by atoms with Gasteiger partial charge in [0, 0.05) is 30.6 Å². The summed E-state index contributed by atoms with van der Waals surface area (Å²) in [4.78, 5) is 11.9. The van der Waals surface area contributed by atoms with Gasteiger partial charge in [0.25, 0.3) is 5.91 Å². The fourth-order valence-corrected chi connectivity index (χ4v) is 1.82. The van der Waals surface area contributed by atoms with Crippen molar-refractivity contribution < 1.29 is 14.3 Å². The number of nitrogens with zero attached hydrogens (tertiary/aromatic N) is 2. The molecule has 2 aromatic rings. The van der Waals surface area contributed by atoms with Crippen LogP contribution < -0.4 is 5.32 Å². The van der Waals surface area contributed by atoms with E-state index in [0.717, 1.165) is 0 Å². The SMILES string of the molecule is CC(CCO)NC(=O)c1ccc(-n2cccn2)c(F)c1. The monoisotopic (exact) mass is 277 g/mol. The lowest BCUT2D eigenvalue weighted by Gasteiger charge is -2.13. The van der Waals surface area contributed by atoms with Gasteiger partial charge in [-0.3, -0.25) is 4.79 Å². The predicted molar refractivity (Wildman–Crippen MR) is 72.2 cm³/mol. The normalized spacial score (nSPS) is 12.2. The highest BCUT2D eigenvalue weighted by Gasteiger charge is 2.13. The van der Waals surface area contributed by atoms with Crippen LogP contribution >= 0.6 is 0 Å². The Morgan fingerprint density at radius 1 is 1.55 bits per heavy atom. The van der Waals surface area contributed by atoms with Gasteiger partial charge in [0.1, 0.15) is 11.5 Å². The zero-order valence-electron chi connectivity index (χ0n) is 11.1. The number of rotatable bonds is 5. The molecule has 0 fully saturated rings. The number of carbonyl (C=O) groups excluding carboxylic acids is 1. The number of aliphatic hydroxyl groups is 1. The molecule has 6 heteroatoms. The highest BCUT2D eigenvalue weighted by atomic mass is 19.1. The van der Waals surface area contributed by atoms with Crippen molar-refractivity contribution in [1.29, 1.82) is 0 Å². The number of benzene rings is 1. The first-order valence-electron chi connectivity index (χ1n) is 6.33. The van der Waals surface area contributed by atoms with Gasteiger partial charge in [-0.15, -0.1) is 0 Å². The van der Waals surface area contributed by atoms with E-state index in [1.807, 2.05) is 0 Å². The quantitative estimate of drug-likeness (QED) is 0.870. The fourth-order valence-electron chi connectivity index (χ4n) is 1.82. The largest absolute Gasteiger partial charge is 0.396 e. The molecule has 106 valence electrons. The van der Waals surface area contributed by atoms with Gasteiger partial charge in [-0.05, 0) is 37.6 Å². The van der Waals surface area contributed by atoms with Gasteiger partial charge in [0.2, 0.25) is 0 Å². The molecule has 1 atom stereocenters. The van der Waals surface area contributed by atoms with Crippen LogP contribution in [0.3, 0.4) is 0 Å². The molecule has 0 saturated heterocycles. The number of carbonyl (C=O) groups is 1. The Balaban J connectivity index is 2.15. The lowest BCUT2D eigenvalue weighted by molar-refractivity contribution is 0.0934. The molecule has 0 aliphatic rings. The van der Waals surface area contributed by atoms with Crippen molar-refractivity contribution in [2.24, 2.45) is 0 Å². The fraction of sp³-hybridized carbons (Fsp3) is 0.286. The van der Waals surface area contributed by atoms with Gasteiger partial charge in [0.15, 0.2) is 0 Å². The van der Waals surface area contributed by atoms with E-state index in [2.05, 4.69) is 10.4 Å². The van der Waals surface area contributed by atoms with E-state index in [-0.39, 0.29) is 29.8 Å². The van der Waals surface area contributed by atoms with Crippen LogP contribution in [0, 0.1) is 5.82 Å². The smallest absolute Gasteiger partial charge is 0.251 e. The third-order valence-corrected chi connectivity index (χ3v) is 2.90. The summed E-state index contributed by atoms with van der Waals surface area (Å²) < 4.78 is 15.4. The molecule has 5 nitrogen and oxygen atoms in total. The number of halogens is 1. The van der Waals surface area contributed by atoms with Gasteiger partial charge in [-0.1, -0.05) is 0 Å². The van der Waals surface area contributed by atoms with Crippen LogP contribution in [0.1, 0.15) is 23.7 Å². The predicted octanol–water partition coefficient (Wildman–Crippen LogP) is 1.51. The number of hydrogen-bond acceptors (Lipinski definition) is 3. The lowest BCUT2D eigenvalue weighted by atomic mass is 10.1. The molecule has 2 rings (SSSR count). The van der Waals surface area contributed by atoms with Gasteiger partial charge in [0.05, 0.1) is 0 Å². The molecule has 0 aliphatic carbocycles. The number of aliphatic hydroxyl groups excluding tert-OH is 1. The zero-order chi connectivity index (χ0) is 14.5. The number of hydrogen-bond donors (Lipinski definition) is 2. The van der Waals surface area contributed by atoms with E-state index < -0.39 is 5.82 Å². The molecule has 2 N–H and O–H groups in total. The molecule has 0 saturated carbocycles. The Bertz CT molecular complexity index is 584. The third-order valence-electron chi connectivity index (χ3n) is 2.90. The van der Waals surface area contributed by atoms with Crippen molar-refractivity contribution in [2.45, 2.75) is 19.4 Å². The zero-order valence-corrected chi connectivity index (χ0v) is 11.1. The van der Waals surface area contributed by atoms with Crippen LogP contribution in [-0.4, -0.2) is 33.4 Å². The summed E-state index contributed by atoms with van der Waals surface area (Å²) in [6, 6.07) is 5.75. The topological polar surface area (TPSA) is 67.2 Å². The van der Waals surface area contributed by atoms with Crippen molar-refractivity contribution in [3.63, 3.8) is 0 Å². The number of nitrogens with one attached hydrogen (secondary N) is 1. The Morgan fingerprint density at radius 2 is 2.35 bits per heavy atom. The van der Waals surface area contributed by atoms with Crippen LogP contribution in [-0.2, 0) is 0 Å². The van der Waals surface area contributed by atoms with Crippen LogP contribution in [0.25, 0.3) is 5.69 Å². The summed E-state index contributed by atoms with van der Waals surface area (Å²) in [5.41, 5.74) is 0.526. The summed E-state index contributed by atoms with van der Waals surface area (Å²) in [7, 11) is 0. The molecule has 0 aliphatic heterocycles. The Hall–Kier alpha value is -2.21. The van der Waals surface area contributed by atoms with E-state index in [0.29, 0.717) is 6.42 Å². The molecular formula is C14H16FN3O2. The van der Waals surface area contributed by atoms with Crippen molar-refractivity contribution in [2.75, 3.05) is 6.61 Å². The summed E-state index contributed by atoms with van der Waals surface area (Å²) in [6.07, 6.45) is 3.64. The van der Waals surface area contributed by atoms with Gasteiger partial charge in [-0.25, -0.2) is 9.07 Å². The summed E-state index contributed by atoms with van der Waals surface area (Å²) in [5.74, 6) is -0.881. The van der Waals surface area contributed by atoms with Gasteiger partial charge >= 0.3 is 0 Å². The molecule has 0 spiro atoms. The number of amides is 1. The summed E-state index contributed by atoms with van der Waals surface area (Å²) >= 11 is 0. The third kappa shape index (κ3) is 3.21. The first-order chi connectivity index (χ1) is 9.61. The average Bonchev–Trinajstić information content (AvgIpc) is 2.92. The Kier molecular flexibility index (Phi) is 4.47. The molecule has 1 amide bonds. The summed E-state index contributed by atoms with van der Waals surface area (Å²) in [5, 5.41) is 15.4. The van der Waals surface area contributed by atoms with E-state index in [4.69, 9.17) is 5.11 Å². The average molecular weight is 277 g/mol. The Labute approximate surface area is 116 Å². The van der Waals surface area contributed by atoms with Crippen molar-refractivity contribution in [3.05, 3.63) is 48.0 Å². The van der Waals surface area contributed by atoms with Crippen molar-refractivity contribution >= 4 is 5.91 Å². The minimum atomic E-state index is -0.517. The van der Waals surface area contributed by atoms with Crippen LogP contribution in [0.2, 0.25) is 0 Å². The maximum absolute atomic E-state index is 14.0. The van der Waals surface area contributed by atoms with E-state index in [1.54, 1.807) is 31.5 Å². The maximum atomic E-state index is 14.0. The van der Waals surface area contributed by atoms with Crippen molar-refractivity contribution in [1.82, 2.24) is 15.1 Å². The van der Waals surface area contributed by atoms with E-state index >= 15 is 0 Å². The second-order valence-electron chi connectivity index (χ2n) is 4.50. The molecule has 1 aromatic carbocycles. The first kappa shape index (κ1) is 14.2. The van der Waals surface area contributed by atoms with Gasteiger partial charge in [-0.2, -0.15) is 5.10 Å². The molecule has 1 aromatic heterocycles. The molecular weight excluding hydrogens is 261 g/mol. The number of aromatic nitrogens is 2. The molecule has 1 unspecified atom stereocenters. The highest BCUT2D eigenvalue weighted by molar-refractivity contribution is 5.94. The summed E-state index contributed by atoms with van der Waals surface area (Å²) in [6.45, 7) is 1.77. The van der Waals surface area contributed by atoms with E-state index in [9.17, 15) is 9.18 Å². The van der Waals surface area contributed by atoms with Crippen LogP contribution in [0.5, 0.6) is 0 Å². The second kappa shape index (κ2) is 6.29.